The first-order chi connectivity index (χ1) is 6.27. The van der Waals surface area contributed by atoms with Crippen LogP contribution in [0.25, 0.3) is 0 Å². The third kappa shape index (κ3) is 1.49. The van der Waals surface area contributed by atoms with Gasteiger partial charge in [-0.15, -0.1) is 0 Å². The largest absolute Gasteiger partial charge is 0.508 e. The maximum atomic E-state index is 11.5. The van der Waals surface area contributed by atoms with Crippen LogP contribution in [0.4, 0.5) is 5.69 Å². The molecule has 0 saturated heterocycles. The van der Waals surface area contributed by atoms with Gasteiger partial charge in [0.1, 0.15) is 5.75 Å². The minimum absolute atomic E-state index is 0.153. The van der Waals surface area contributed by atoms with Crippen LogP contribution in [0.5, 0.6) is 5.75 Å². The number of fused-ring (bicyclic) bond motifs is 1. The van der Waals surface area contributed by atoms with Crippen LogP contribution in [0, 0.1) is 0 Å². The SMILES string of the molecule is O=C1CCCNc2cc(O)ccc21. The number of ketones is 1. The van der Waals surface area contributed by atoms with Crippen molar-refractivity contribution in [1.29, 1.82) is 0 Å². The highest BCUT2D eigenvalue weighted by molar-refractivity contribution is 6.01. The maximum absolute atomic E-state index is 11.5. The van der Waals surface area contributed by atoms with Crippen LogP contribution < -0.4 is 5.32 Å². The van der Waals surface area contributed by atoms with Gasteiger partial charge in [0.25, 0.3) is 0 Å². The summed E-state index contributed by atoms with van der Waals surface area (Å²) in [6.45, 7) is 0.794. The summed E-state index contributed by atoms with van der Waals surface area (Å²) in [5.41, 5.74) is 1.44. The van der Waals surface area contributed by atoms with Crippen LogP contribution in [-0.4, -0.2) is 17.4 Å². The van der Waals surface area contributed by atoms with Gasteiger partial charge in [0.15, 0.2) is 5.78 Å². The molecule has 0 aromatic heterocycles. The molecule has 1 heterocycles. The van der Waals surface area contributed by atoms with E-state index in [1.54, 1.807) is 18.2 Å². The van der Waals surface area contributed by atoms with E-state index in [1.165, 1.54) is 0 Å². The predicted molar refractivity (Wildman–Crippen MR) is 50.2 cm³/mol. The lowest BCUT2D eigenvalue weighted by atomic mass is 10.1. The summed E-state index contributed by atoms with van der Waals surface area (Å²) in [5.74, 6) is 0.348. The van der Waals surface area contributed by atoms with Gasteiger partial charge in [-0.3, -0.25) is 4.79 Å². The van der Waals surface area contributed by atoms with E-state index < -0.39 is 0 Å². The molecular weight excluding hydrogens is 166 g/mol. The highest BCUT2D eigenvalue weighted by Crippen LogP contribution is 2.25. The second kappa shape index (κ2) is 3.09. The topological polar surface area (TPSA) is 49.3 Å². The molecule has 1 aliphatic rings. The van der Waals surface area contributed by atoms with Crippen molar-refractivity contribution in [1.82, 2.24) is 0 Å². The number of phenolic OH excluding ortho intramolecular Hbond substituents is 1. The van der Waals surface area contributed by atoms with Gasteiger partial charge < -0.3 is 10.4 Å². The summed E-state index contributed by atoms with van der Waals surface area (Å²) in [5, 5.41) is 12.3. The number of Topliss-reactive ketones (excluding diaryl/α,β-unsaturated/α-hetero) is 1. The Balaban J connectivity index is 2.48. The van der Waals surface area contributed by atoms with Gasteiger partial charge in [-0.2, -0.15) is 0 Å². The van der Waals surface area contributed by atoms with Gasteiger partial charge in [-0.25, -0.2) is 0 Å². The lowest BCUT2D eigenvalue weighted by molar-refractivity contribution is 0.0984. The second-order valence-corrected chi connectivity index (χ2v) is 3.18. The van der Waals surface area contributed by atoms with Crippen molar-refractivity contribution in [3.8, 4) is 5.75 Å². The van der Waals surface area contributed by atoms with Crippen molar-refractivity contribution in [2.24, 2.45) is 0 Å². The van der Waals surface area contributed by atoms with E-state index in [9.17, 15) is 9.90 Å². The molecule has 0 amide bonds. The molecule has 0 unspecified atom stereocenters. The lowest BCUT2D eigenvalue weighted by Crippen LogP contribution is -1.99. The molecule has 0 bridgehead atoms. The van der Waals surface area contributed by atoms with E-state index in [0.29, 0.717) is 12.0 Å². The minimum atomic E-state index is 0.153. The first-order valence-electron chi connectivity index (χ1n) is 4.37. The lowest BCUT2D eigenvalue weighted by Gasteiger charge is -2.05. The first-order valence-corrected chi connectivity index (χ1v) is 4.37. The number of aromatic hydroxyl groups is 1. The molecule has 0 atom stereocenters. The highest BCUT2D eigenvalue weighted by atomic mass is 16.3. The van der Waals surface area contributed by atoms with E-state index in [1.807, 2.05) is 0 Å². The fourth-order valence-electron chi connectivity index (χ4n) is 1.53. The van der Waals surface area contributed by atoms with E-state index in [2.05, 4.69) is 5.32 Å². The maximum Gasteiger partial charge on any atom is 0.165 e. The van der Waals surface area contributed by atoms with Crippen LogP contribution in [-0.2, 0) is 0 Å². The van der Waals surface area contributed by atoms with E-state index in [0.717, 1.165) is 18.7 Å². The Morgan fingerprint density at radius 1 is 1.38 bits per heavy atom. The Kier molecular flexibility index (Phi) is 1.93. The second-order valence-electron chi connectivity index (χ2n) is 3.18. The average molecular weight is 177 g/mol. The van der Waals surface area contributed by atoms with Crippen molar-refractivity contribution in [3.05, 3.63) is 23.8 Å². The molecule has 0 saturated carbocycles. The summed E-state index contributed by atoms with van der Waals surface area (Å²) < 4.78 is 0. The smallest absolute Gasteiger partial charge is 0.165 e. The third-order valence-electron chi connectivity index (χ3n) is 2.20. The summed E-state index contributed by atoms with van der Waals surface area (Å²) in [6, 6.07) is 4.81. The average Bonchev–Trinajstić information content (AvgIpc) is 2.28. The standard InChI is InChI=1S/C10H11NO2/c12-7-3-4-8-9(6-7)11-5-1-2-10(8)13/h3-4,6,11-12H,1-2,5H2. The molecule has 1 aliphatic heterocycles. The fraction of sp³-hybridized carbons (Fsp3) is 0.300. The van der Waals surface area contributed by atoms with Gasteiger partial charge in [0, 0.05) is 30.3 Å². The van der Waals surface area contributed by atoms with Gasteiger partial charge >= 0.3 is 0 Å². The Hall–Kier alpha value is -1.51. The van der Waals surface area contributed by atoms with Crippen molar-refractivity contribution in [2.45, 2.75) is 12.8 Å². The molecule has 1 aromatic rings. The fourth-order valence-corrected chi connectivity index (χ4v) is 1.53. The summed E-state index contributed by atoms with van der Waals surface area (Å²) in [7, 11) is 0. The zero-order valence-corrected chi connectivity index (χ0v) is 7.21. The number of anilines is 1. The molecule has 2 N–H and O–H groups in total. The number of hydrogen-bond donors (Lipinski definition) is 2. The summed E-state index contributed by atoms with van der Waals surface area (Å²) in [6.07, 6.45) is 1.44. The van der Waals surface area contributed by atoms with E-state index >= 15 is 0 Å². The van der Waals surface area contributed by atoms with Gasteiger partial charge in [-0.05, 0) is 18.6 Å². The van der Waals surface area contributed by atoms with Gasteiger partial charge in [-0.1, -0.05) is 0 Å². The van der Waals surface area contributed by atoms with E-state index in [-0.39, 0.29) is 11.5 Å². The zero-order chi connectivity index (χ0) is 9.26. The predicted octanol–water partition coefficient (Wildman–Crippen LogP) is 1.78. The number of carbonyl (C=O) groups is 1. The van der Waals surface area contributed by atoms with Crippen molar-refractivity contribution >= 4 is 11.5 Å². The Labute approximate surface area is 76.4 Å². The zero-order valence-electron chi connectivity index (χ0n) is 7.21. The molecule has 3 heteroatoms. The molecule has 1 aromatic carbocycles. The molecule has 3 nitrogen and oxygen atoms in total. The van der Waals surface area contributed by atoms with Crippen molar-refractivity contribution < 1.29 is 9.90 Å². The van der Waals surface area contributed by atoms with E-state index in [4.69, 9.17) is 0 Å². The van der Waals surface area contributed by atoms with Crippen molar-refractivity contribution in [2.75, 3.05) is 11.9 Å². The number of benzene rings is 1. The Morgan fingerprint density at radius 2 is 2.23 bits per heavy atom. The first kappa shape index (κ1) is 8.10. The normalized spacial score (nSPS) is 15.8. The molecule has 0 radical (unpaired) electrons. The van der Waals surface area contributed by atoms with Crippen LogP contribution in [0.2, 0.25) is 0 Å². The van der Waals surface area contributed by atoms with Crippen LogP contribution in [0.3, 0.4) is 0 Å². The van der Waals surface area contributed by atoms with Crippen molar-refractivity contribution in [3.63, 3.8) is 0 Å². The molecule has 0 spiro atoms. The molecule has 13 heavy (non-hydrogen) atoms. The highest BCUT2D eigenvalue weighted by Gasteiger charge is 2.14. The monoisotopic (exact) mass is 177 g/mol. The minimum Gasteiger partial charge on any atom is -0.508 e. The molecule has 0 fully saturated rings. The number of carbonyl (C=O) groups excluding carboxylic acids is 1. The quantitative estimate of drug-likeness (QED) is 0.635. The third-order valence-corrected chi connectivity index (χ3v) is 2.20. The molecule has 2 rings (SSSR count). The molecule has 68 valence electrons. The number of rotatable bonds is 0. The van der Waals surface area contributed by atoms with Crippen LogP contribution in [0.15, 0.2) is 18.2 Å². The number of nitrogens with one attached hydrogen (secondary N) is 1. The number of phenols is 1. The Bertz CT molecular complexity index is 347. The van der Waals surface area contributed by atoms with Gasteiger partial charge in [0.2, 0.25) is 0 Å². The summed E-state index contributed by atoms with van der Waals surface area (Å²) >= 11 is 0. The van der Waals surface area contributed by atoms with Gasteiger partial charge in [0.05, 0.1) is 0 Å². The Morgan fingerprint density at radius 3 is 3.08 bits per heavy atom. The van der Waals surface area contributed by atoms with Crippen LogP contribution >= 0.6 is 0 Å². The van der Waals surface area contributed by atoms with Crippen LogP contribution in [0.1, 0.15) is 23.2 Å². The summed E-state index contributed by atoms with van der Waals surface area (Å²) in [4.78, 5) is 11.5. The number of hydrogen-bond acceptors (Lipinski definition) is 3. The molecular formula is C10H11NO2. The molecule has 0 aliphatic carbocycles.